The van der Waals surface area contributed by atoms with Crippen LogP contribution in [0.5, 0.6) is 0 Å². The first-order valence-corrected chi connectivity index (χ1v) is 7.66. The second kappa shape index (κ2) is 5.38. The Hall–Kier alpha value is -1.47. The number of carbonyl (C=O) groups excluding carboxylic acids is 1. The molecule has 1 amide bonds. The molecule has 2 atom stereocenters. The number of amides is 1. The van der Waals surface area contributed by atoms with E-state index in [4.69, 9.17) is 5.73 Å². The molecule has 1 saturated carbocycles. The average Bonchev–Trinajstić information content (AvgIpc) is 3.11. The second-order valence-corrected chi connectivity index (χ2v) is 6.58. The number of primary amides is 1. The van der Waals surface area contributed by atoms with Crippen molar-refractivity contribution in [2.75, 3.05) is 6.54 Å². The maximum absolute atomic E-state index is 11.9. The van der Waals surface area contributed by atoms with Crippen molar-refractivity contribution in [1.29, 1.82) is 0 Å². The van der Waals surface area contributed by atoms with Crippen LogP contribution < -0.4 is 11.1 Å². The summed E-state index contributed by atoms with van der Waals surface area (Å²) in [6.07, 6.45) is 4.78. The lowest BCUT2D eigenvalue weighted by Crippen LogP contribution is -2.57. The highest BCUT2D eigenvalue weighted by atomic mass is 16.1. The summed E-state index contributed by atoms with van der Waals surface area (Å²) in [4.78, 5) is 14.2. The Kier molecular flexibility index (Phi) is 3.71. The molecule has 21 heavy (non-hydrogen) atoms. The lowest BCUT2D eigenvalue weighted by Gasteiger charge is -2.37. The number of nitrogens with two attached hydrogens (primary N) is 1. The fourth-order valence-corrected chi connectivity index (χ4v) is 3.09. The molecule has 1 aliphatic carbocycles. The molecule has 0 bridgehead atoms. The van der Waals surface area contributed by atoms with Crippen molar-refractivity contribution in [2.45, 2.75) is 63.8 Å². The van der Waals surface area contributed by atoms with Crippen molar-refractivity contribution in [3.8, 4) is 0 Å². The van der Waals surface area contributed by atoms with Gasteiger partial charge in [-0.25, -0.2) is 0 Å². The lowest BCUT2D eigenvalue weighted by molar-refractivity contribution is -0.124. The van der Waals surface area contributed by atoms with Crippen LogP contribution in [-0.2, 0) is 17.9 Å². The molecule has 7 nitrogen and oxygen atoms in total. The quantitative estimate of drug-likeness (QED) is 0.762. The van der Waals surface area contributed by atoms with Crippen LogP contribution in [0.4, 0.5) is 0 Å². The third-order valence-electron chi connectivity index (χ3n) is 4.64. The molecule has 3 rings (SSSR count). The Morgan fingerprint density at radius 2 is 2.33 bits per heavy atom. The minimum absolute atomic E-state index is 0.263. The van der Waals surface area contributed by atoms with Gasteiger partial charge in [-0.15, -0.1) is 10.2 Å². The maximum atomic E-state index is 11.9. The average molecular weight is 292 g/mol. The summed E-state index contributed by atoms with van der Waals surface area (Å²) in [5.41, 5.74) is 5.01. The van der Waals surface area contributed by atoms with Crippen LogP contribution in [0.2, 0.25) is 0 Å². The van der Waals surface area contributed by atoms with Gasteiger partial charge in [0.05, 0.1) is 12.1 Å². The van der Waals surface area contributed by atoms with Crippen molar-refractivity contribution < 1.29 is 4.79 Å². The Morgan fingerprint density at radius 3 is 3.00 bits per heavy atom. The first-order chi connectivity index (χ1) is 9.98. The molecule has 1 aromatic rings. The molecule has 2 aliphatic rings. The standard InChI is InChI=1S/C14H24N6O/c1-10(7-14(2,13(15)21)17-11-3-4-11)19-5-6-20-9-16-18-12(20)8-19/h9-11,17H,3-8H2,1-2H3,(H2,15,21). The van der Waals surface area contributed by atoms with Gasteiger partial charge in [0, 0.05) is 25.2 Å². The minimum atomic E-state index is -0.633. The summed E-state index contributed by atoms with van der Waals surface area (Å²) in [7, 11) is 0. The molecule has 0 radical (unpaired) electrons. The van der Waals surface area contributed by atoms with Crippen LogP contribution in [0.1, 0.15) is 38.9 Å². The summed E-state index contributed by atoms with van der Waals surface area (Å²) in [6, 6.07) is 0.721. The molecule has 116 valence electrons. The van der Waals surface area contributed by atoms with E-state index in [2.05, 4.69) is 31.9 Å². The fraction of sp³-hybridized carbons (Fsp3) is 0.786. The van der Waals surface area contributed by atoms with Crippen molar-refractivity contribution in [1.82, 2.24) is 25.0 Å². The zero-order chi connectivity index (χ0) is 15.0. The van der Waals surface area contributed by atoms with Gasteiger partial charge in [0.2, 0.25) is 5.91 Å². The number of nitrogens with one attached hydrogen (secondary N) is 1. The topological polar surface area (TPSA) is 89.1 Å². The molecular weight excluding hydrogens is 268 g/mol. The molecule has 1 fully saturated rings. The van der Waals surface area contributed by atoms with E-state index >= 15 is 0 Å². The van der Waals surface area contributed by atoms with Crippen LogP contribution in [0.25, 0.3) is 0 Å². The van der Waals surface area contributed by atoms with Gasteiger partial charge in [0.1, 0.15) is 12.2 Å². The van der Waals surface area contributed by atoms with Crippen molar-refractivity contribution in [2.24, 2.45) is 5.73 Å². The van der Waals surface area contributed by atoms with Gasteiger partial charge in [0.25, 0.3) is 0 Å². The van der Waals surface area contributed by atoms with Crippen LogP contribution >= 0.6 is 0 Å². The van der Waals surface area contributed by atoms with E-state index < -0.39 is 5.54 Å². The zero-order valence-electron chi connectivity index (χ0n) is 12.7. The maximum Gasteiger partial charge on any atom is 0.237 e. The molecule has 1 aliphatic heterocycles. The first kappa shape index (κ1) is 14.5. The smallest absolute Gasteiger partial charge is 0.237 e. The molecule has 1 aromatic heterocycles. The van der Waals surface area contributed by atoms with Crippen LogP contribution in [0.3, 0.4) is 0 Å². The van der Waals surface area contributed by atoms with Crippen molar-refractivity contribution in [3.05, 3.63) is 12.2 Å². The van der Waals surface area contributed by atoms with Gasteiger partial charge in [-0.2, -0.15) is 0 Å². The van der Waals surface area contributed by atoms with E-state index in [1.807, 2.05) is 6.92 Å². The van der Waals surface area contributed by atoms with E-state index in [1.165, 1.54) is 0 Å². The number of hydrogen-bond acceptors (Lipinski definition) is 5. The molecule has 2 unspecified atom stereocenters. The van der Waals surface area contributed by atoms with Gasteiger partial charge >= 0.3 is 0 Å². The summed E-state index contributed by atoms with van der Waals surface area (Å²) >= 11 is 0. The predicted molar refractivity (Wildman–Crippen MR) is 78.3 cm³/mol. The number of nitrogens with zero attached hydrogens (tertiary/aromatic N) is 4. The summed E-state index contributed by atoms with van der Waals surface area (Å²) in [5.74, 6) is 0.727. The van der Waals surface area contributed by atoms with E-state index in [-0.39, 0.29) is 11.9 Å². The molecule has 0 aromatic carbocycles. The first-order valence-electron chi connectivity index (χ1n) is 7.66. The molecule has 0 spiro atoms. The second-order valence-electron chi connectivity index (χ2n) is 6.58. The van der Waals surface area contributed by atoms with Crippen LogP contribution in [-0.4, -0.2) is 49.7 Å². The van der Waals surface area contributed by atoms with Crippen molar-refractivity contribution >= 4 is 5.91 Å². The van der Waals surface area contributed by atoms with Gasteiger partial charge in [0.15, 0.2) is 0 Å². The molecule has 7 heteroatoms. The monoisotopic (exact) mass is 292 g/mol. The molecule has 3 N–H and O–H groups in total. The number of carbonyl (C=O) groups is 1. The van der Waals surface area contributed by atoms with E-state index in [9.17, 15) is 4.79 Å². The Morgan fingerprint density at radius 1 is 1.57 bits per heavy atom. The van der Waals surface area contributed by atoms with E-state index in [1.54, 1.807) is 6.33 Å². The predicted octanol–water partition coefficient (Wildman–Crippen LogP) is -0.132. The minimum Gasteiger partial charge on any atom is -0.368 e. The van der Waals surface area contributed by atoms with Crippen molar-refractivity contribution in [3.63, 3.8) is 0 Å². The Labute approximate surface area is 124 Å². The highest BCUT2D eigenvalue weighted by molar-refractivity contribution is 5.84. The highest BCUT2D eigenvalue weighted by Gasteiger charge is 2.39. The third-order valence-corrected chi connectivity index (χ3v) is 4.64. The number of fused-ring (bicyclic) bond motifs is 1. The van der Waals surface area contributed by atoms with E-state index in [0.29, 0.717) is 12.5 Å². The Bertz CT molecular complexity index is 525. The van der Waals surface area contributed by atoms with Gasteiger partial charge < -0.3 is 15.6 Å². The molecular formula is C14H24N6O. The van der Waals surface area contributed by atoms with E-state index in [0.717, 1.165) is 38.3 Å². The zero-order valence-corrected chi connectivity index (χ0v) is 12.7. The van der Waals surface area contributed by atoms with Crippen LogP contribution in [0.15, 0.2) is 6.33 Å². The van der Waals surface area contributed by atoms with Gasteiger partial charge in [-0.05, 0) is 33.1 Å². The Balaban J connectivity index is 1.64. The normalized spacial score (nSPS) is 23.3. The molecule has 2 heterocycles. The summed E-state index contributed by atoms with van der Waals surface area (Å²) in [6.45, 7) is 6.71. The summed E-state index contributed by atoms with van der Waals surface area (Å²) in [5, 5.41) is 11.5. The number of aromatic nitrogens is 3. The summed E-state index contributed by atoms with van der Waals surface area (Å²) < 4.78 is 2.08. The van der Waals surface area contributed by atoms with Crippen LogP contribution in [0, 0.1) is 0 Å². The third kappa shape index (κ3) is 3.08. The number of rotatable bonds is 6. The fourth-order valence-electron chi connectivity index (χ4n) is 3.09. The lowest BCUT2D eigenvalue weighted by atomic mass is 9.91. The van der Waals surface area contributed by atoms with Gasteiger partial charge in [-0.1, -0.05) is 0 Å². The number of hydrogen-bond donors (Lipinski definition) is 2. The largest absolute Gasteiger partial charge is 0.368 e. The van der Waals surface area contributed by atoms with Gasteiger partial charge in [-0.3, -0.25) is 9.69 Å². The highest BCUT2D eigenvalue weighted by Crippen LogP contribution is 2.26. The molecule has 0 saturated heterocycles. The SMILES string of the molecule is CC(CC(C)(NC1CC1)C(N)=O)N1CCn2cnnc2C1.